The molecule has 22 heavy (non-hydrogen) atoms. The molecular formula is C15H19NO4S2. The molecule has 0 amide bonds. The summed E-state index contributed by atoms with van der Waals surface area (Å²) in [6, 6.07) is 1.79. The molecule has 2 heterocycles. The number of rotatable bonds is 5. The fraction of sp³-hybridized carbons (Fsp3) is 0.533. The molecule has 0 saturated heterocycles. The number of aromatic nitrogens is 1. The van der Waals surface area contributed by atoms with Gasteiger partial charge in [-0.2, -0.15) is 0 Å². The summed E-state index contributed by atoms with van der Waals surface area (Å²) < 4.78 is 29.7. The highest BCUT2D eigenvalue weighted by Crippen LogP contribution is 2.30. The number of sulfone groups is 1. The lowest BCUT2D eigenvalue weighted by Crippen LogP contribution is -2.39. The highest BCUT2D eigenvalue weighted by Gasteiger charge is 2.34. The van der Waals surface area contributed by atoms with Crippen molar-refractivity contribution in [2.75, 3.05) is 5.75 Å². The molecular weight excluding hydrogens is 322 g/mol. The van der Waals surface area contributed by atoms with Gasteiger partial charge < -0.3 is 9.52 Å². The van der Waals surface area contributed by atoms with Crippen LogP contribution in [0.15, 0.2) is 28.4 Å². The zero-order valence-electron chi connectivity index (χ0n) is 12.2. The standard InChI is InChI=1S/C15H19NO4S2/c17-15(5-2-1-3-6-15)11-22(18,19)10-13-9-21-14(16-13)12-4-7-20-8-12/h4,7-9,17H,1-3,5-6,10-11H2. The molecule has 0 atom stereocenters. The van der Waals surface area contributed by atoms with Gasteiger partial charge in [0.2, 0.25) is 0 Å². The Morgan fingerprint density at radius 3 is 2.77 bits per heavy atom. The van der Waals surface area contributed by atoms with E-state index in [1.165, 1.54) is 11.3 Å². The van der Waals surface area contributed by atoms with Crippen LogP contribution in [0, 0.1) is 0 Å². The van der Waals surface area contributed by atoms with Gasteiger partial charge in [-0.3, -0.25) is 0 Å². The molecule has 120 valence electrons. The molecule has 0 aliphatic heterocycles. The van der Waals surface area contributed by atoms with Gasteiger partial charge in [0.25, 0.3) is 0 Å². The van der Waals surface area contributed by atoms with Crippen LogP contribution in [0.2, 0.25) is 0 Å². The first kappa shape index (κ1) is 15.7. The number of furan rings is 1. The van der Waals surface area contributed by atoms with E-state index in [2.05, 4.69) is 4.98 Å². The maximum atomic E-state index is 12.4. The van der Waals surface area contributed by atoms with E-state index >= 15 is 0 Å². The van der Waals surface area contributed by atoms with E-state index in [4.69, 9.17) is 4.42 Å². The first-order valence-corrected chi connectivity index (χ1v) is 10.1. The fourth-order valence-corrected chi connectivity index (χ4v) is 5.65. The van der Waals surface area contributed by atoms with Gasteiger partial charge >= 0.3 is 0 Å². The van der Waals surface area contributed by atoms with Crippen molar-refractivity contribution in [3.63, 3.8) is 0 Å². The summed E-state index contributed by atoms with van der Waals surface area (Å²) in [4.78, 5) is 4.35. The lowest BCUT2D eigenvalue weighted by atomic mass is 9.86. The van der Waals surface area contributed by atoms with Crippen molar-refractivity contribution in [3.8, 4) is 10.6 Å². The summed E-state index contributed by atoms with van der Waals surface area (Å²) in [5, 5.41) is 12.9. The number of hydrogen-bond donors (Lipinski definition) is 1. The summed E-state index contributed by atoms with van der Waals surface area (Å²) in [5.74, 6) is -0.289. The number of nitrogens with zero attached hydrogens (tertiary/aromatic N) is 1. The number of aliphatic hydroxyl groups is 1. The lowest BCUT2D eigenvalue weighted by Gasteiger charge is -2.31. The maximum absolute atomic E-state index is 12.4. The molecule has 2 aromatic rings. The molecule has 5 nitrogen and oxygen atoms in total. The minimum absolute atomic E-state index is 0.121. The maximum Gasteiger partial charge on any atom is 0.158 e. The smallest absolute Gasteiger partial charge is 0.158 e. The SMILES string of the molecule is O=S(=O)(Cc1csc(-c2ccoc2)n1)CC1(O)CCCCC1. The van der Waals surface area contributed by atoms with Crippen LogP contribution in [0.4, 0.5) is 0 Å². The van der Waals surface area contributed by atoms with Gasteiger partial charge in [0.15, 0.2) is 9.84 Å². The average Bonchev–Trinajstić information content (AvgIpc) is 3.07. The Labute approximate surface area is 133 Å². The third-order valence-electron chi connectivity index (χ3n) is 3.96. The summed E-state index contributed by atoms with van der Waals surface area (Å²) in [6.45, 7) is 0. The Bertz CT molecular complexity index is 713. The van der Waals surface area contributed by atoms with E-state index in [1.807, 2.05) is 0 Å². The highest BCUT2D eigenvalue weighted by atomic mass is 32.2. The van der Waals surface area contributed by atoms with Crippen LogP contribution < -0.4 is 0 Å². The summed E-state index contributed by atoms with van der Waals surface area (Å²) >= 11 is 1.40. The van der Waals surface area contributed by atoms with E-state index in [1.54, 1.807) is 24.0 Å². The van der Waals surface area contributed by atoms with Crippen LogP contribution in [0.5, 0.6) is 0 Å². The zero-order chi connectivity index (χ0) is 15.6. The van der Waals surface area contributed by atoms with Crippen molar-refractivity contribution < 1.29 is 17.9 Å². The Morgan fingerprint density at radius 1 is 1.32 bits per heavy atom. The molecule has 0 spiro atoms. The fourth-order valence-electron chi connectivity index (χ4n) is 2.93. The summed E-state index contributed by atoms with van der Waals surface area (Å²) in [5.41, 5.74) is 0.320. The Morgan fingerprint density at radius 2 is 2.09 bits per heavy atom. The van der Waals surface area contributed by atoms with Gasteiger partial charge in [-0.1, -0.05) is 19.3 Å². The van der Waals surface area contributed by atoms with Gasteiger partial charge in [0.1, 0.15) is 11.3 Å². The topological polar surface area (TPSA) is 80.4 Å². The molecule has 1 aliphatic carbocycles. The van der Waals surface area contributed by atoms with Crippen molar-refractivity contribution in [2.45, 2.75) is 43.5 Å². The third kappa shape index (κ3) is 3.77. The molecule has 0 unspecified atom stereocenters. The van der Waals surface area contributed by atoms with Crippen LogP contribution in [0.3, 0.4) is 0 Å². The van der Waals surface area contributed by atoms with Crippen molar-refractivity contribution >= 4 is 21.2 Å². The molecule has 0 aromatic carbocycles. The van der Waals surface area contributed by atoms with Gasteiger partial charge in [-0.25, -0.2) is 13.4 Å². The van der Waals surface area contributed by atoms with E-state index in [0.717, 1.165) is 29.8 Å². The second-order valence-corrected chi connectivity index (χ2v) is 8.90. The minimum Gasteiger partial charge on any atom is -0.472 e. The first-order chi connectivity index (χ1) is 10.5. The largest absolute Gasteiger partial charge is 0.472 e. The van der Waals surface area contributed by atoms with Crippen LogP contribution >= 0.6 is 11.3 Å². The predicted octanol–water partition coefficient (Wildman–Crippen LogP) is 3.01. The molecule has 1 aliphatic rings. The average molecular weight is 341 g/mol. The second-order valence-electron chi connectivity index (χ2n) is 5.97. The monoisotopic (exact) mass is 341 g/mol. The lowest BCUT2D eigenvalue weighted by molar-refractivity contribution is 0.0257. The Kier molecular flexibility index (Phi) is 4.38. The predicted molar refractivity (Wildman–Crippen MR) is 85.3 cm³/mol. The molecule has 0 bridgehead atoms. The van der Waals surface area contributed by atoms with Crippen molar-refractivity contribution in [3.05, 3.63) is 29.7 Å². The third-order valence-corrected chi connectivity index (χ3v) is 6.61. The van der Waals surface area contributed by atoms with Gasteiger partial charge in [-0.15, -0.1) is 11.3 Å². The molecule has 2 aromatic heterocycles. The molecule has 7 heteroatoms. The summed E-state index contributed by atoms with van der Waals surface area (Å²) in [7, 11) is -3.38. The van der Waals surface area contributed by atoms with Crippen LogP contribution in [-0.2, 0) is 15.6 Å². The molecule has 0 radical (unpaired) electrons. The number of thiazole rings is 1. The first-order valence-electron chi connectivity index (χ1n) is 7.36. The van der Waals surface area contributed by atoms with Crippen molar-refractivity contribution in [1.82, 2.24) is 4.98 Å². The van der Waals surface area contributed by atoms with Crippen LogP contribution in [0.1, 0.15) is 37.8 Å². The Balaban J connectivity index is 1.69. The van der Waals surface area contributed by atoms with Crippen LogP contribution in [0.25, 0.3) is 10.6 Å². The minimum atomic E-state index is -3.38. The normalized spacial score (nSPS) is 18.4. The van der Waals surface area contributed by atoms with E-state index in [9.17, 15) is 13.5 Å². The molecule has 1 saturated carbocycles. The molecule has 1 fully saturated rings. The van der Waals surface area contributed by atoms with Crippen molar-refractivity contribution in [2.24, 2.45) is 0 Å². The van der Waals surface area contributed by atoms with E-state index in [0.29, 0.717) is 18.5 Å². The molecule has 1 N–H and O–H groups in total. The van der Waals surface area contributed by atoms with Gasteiger partial charge in [0, 0.05) is 10.9 Å². The zero-order valence-corrected chi connectivity index (χ0v) is 13.8. The van der Waals surface area contributed by atoms with E-state index < -0.39 is 15.4 Å². The van der Waals surface area contributed by atoms with Gasteiger partial charge in [-0.05, 0) is 18.9 Å². The van der Waals surface area contributed by atoms with E-state index in [-0.39, 0.29) is 11.5 Å². The second kappa shape index (κ2) is 6.14. The van der Waals surface area contributed by atoms with Crippen LogP contribution in [-0.4, -0.2) is 29.9 Å². The Hall–Kier alpha value is -1.18. The molecule has 3 rings (SSSR count). The van der Waals surface area contributed by atoms with Crippen molar-refractivity contribution in [1.29, 1.82) is 0 Å². The highest BCUT2D eigenvalue weighted by molar-refractivity contribution is 7.90. The number of hydrogen-bond acceptors (Lipinski definition) is 6. The quantitative estimate of drug-likeness (QED) is 0.904. The van der Waals surface area contributed by atoms with Gasteiger partial charge in [0.05, 0.1) is 29.1 Å². The summed E-state index contributed by atoms with van der Waals surface area (Å²) in [6.07, 6.45) is 7.16.